The Balaban J connectivity index is 1.67. The first-order valence-electron chi connectivity index (χ1n) is 11.4. The highest BCUT2D eigenvalue weighted by atomic mass is 35.5. The van der Waals surface area contributed by atoms with Crippen molar-refractivity contribution >= 4 is 40.8 Å². The molecular formula is C26H15ClF5N5O3. The normalized spacial score (nSPS) is 16.0. The Morgan fingerprint density at radius 3 is 2.58 bits per heavy atom. The van der Waals surface area contributed by atoms with Gasteiger partial charge >= 0.3 is 12.2 Å². The number of amides is 4. The Kier molecular flexibility index (Phi) is 6.59. The second kappa shape index (κ2) is 9.80. The molecule has 0 unspecified atom stereocenters. The molecule has 3 N–H and O–H groups in total. The lowest BCUT2D eigenvalue weighted by Crippen LogP contribution is -2.39. The molecule has 1 atom stereocenters. The summed E-state index contributed by atoms with van der Waals surface area (Å²) in [6.45, 7) is -0.455. The number of halogens is 6. The molecule has 0 saturated heterocycles. The van der Waals surface area contributed by atoms with E-state index in [4.69, 9.17) is 16.9 Å². The van der Waals surface area contributed by atoms with Gasteiger partial charge in [-0.1, -0.05) is 11.6 Å². The molecular weight excluding hydrogens is 561 g/mol. The van der Waals surface area contributed by atoms with Crippen LogP contribution in [-0.4, -0.2) is 29.3 Å². The van der Waals surface area contributed by atoms with Crippen LogP contribution < -0.4 is 16.0 Å². The lowest BCUT2D eigenvalue weighted by molar-refractivity contribution is -0.137. The smallest absolute Gasteiger partial charge is 0.341 e. The molecule has 8 nitrogen and oxygen atoms in total. The quantitative estimate of drug-likeness (QED) is 0.278. The lowest BCUT2D eigenvalue weighted by atomic mass is 9.92. The Morgan fingerprint density at radius 2 is 1.88 bits per heavy atom. The number of benzene rings is 3. The van der Waals surface area contributed by atoms with Crippen LogP contribution in [0.5, 0.6) is 0 Å². The predicted octanol–water partition coefficient (Wildman–Crippen LogP) is 5.59. The molecule has 2 aliphatic heterocycles. The van der Waals surface area contributed by atoms with E-state index < -0.39 is 52.8 Å². The summed E-state index contributed by atoms with van der Waals surface area (Å²) in [5, 5.41) is 16.7. The molecule has 0 radical (unpaired) electrons. The van der Waals surface area contributed by atoms with Gasteiger partial charge in [-0.15, -0.1) is 0 Å². The minimum atomic E-state index is -4.93. The van der Waals surface area contributed by atoms with Crippen molar-refractivity contribution in [1.29, 1.82) is 5.26 Å². The third kappa shape index (κ3) is 4.77. The van der Waals surface area contributed by atoms with E-state index in [-0.39, 0.29) is 52.2 Å². The third-order valence-corrected chi connectivity index (χ3v) is 6.73. The summed E-state index contributed by atoms with van der Waals surface area (Å²) in [5.41, 5.74) is -1.72. The van der Waals surface area contributed by atoms with Crippen LogP contribution in [0.2, 0.25) is 5.02 Å². The van der Waals surface area contributed by atoms with Crippen LogP contribution in [0.3, 0.4) is 0 Å². The van der Waals surface area contributed by atoms with Crippen LogP contribution in [0.1, 0.15) is 49.0 Å². The average molecular weight is 576 g/mol. The summed E-state index contributed by atoms with van der Waals surface area (Å²) in [6.07, 6.45) is -4.93. The maximum absolute atomic E-state index is 14.2. The molecule has 40 heavy (non-hydrogen) atoms. The molecule has 0 saturated carbocycles. The lowest BCUT2D eigenvalue weighted by Gasteiger charge is -2.30. The number of fused-ring (bicyclic) bond motifs is 3. The first kappa shape index (κ1) is 26.9. The van der Waals surface area contributed by atoms with Gasteiger partial charge in [0.2, 0.25) is 0 Å². The van der Waals surface area contributed by atoms with E-state index in [9.17, 15) is 36.3 Å². The van der Waals surface area contributed by atoms with E-state index in [1.807, 2.05) is 6.07 Å². The van der Waals surface area contributed by atoms with Crippen LogP contribution in [-0.2, 0) is 12.7 Å². The number of alkyl halides is 3. The standard InChI is InChI=1S/C26H15ClF5N5O3/c27-17-2-1-14(28)9-16(17)22-19-18(34-23(38)11-5-13(26(30,31)32)8-15(29)6-11)7-12-10-37(4-3-33)25(40)36-21(12)20(19)24(39)35-22/h1-2,5-9,22H,4,10H2,(H,34,38)(H,35,39)(H,36,40)/t22-/m1/s1. The number of nitrogens with zero attached hydrogens (tertiary/aromatic N) is 2. The van der Waals surface area contributed by atoms with Gasteiger partial charge in [-0.2, -0.15) is 18.4 Å². The number of carbonyl (C=O) groups excluding carboxylic acids is 3. The first-order chi connectivity index (χ1) is 18.9. The summed E-state index contributed by atoms with van der Waals surface area (Å²) in [5.74, 6) is -3.84. The van der Waals surface area contributed by atoms with Crippen LogP contribution in [0.25, 0.3) is 0 Å². The van der Waals surface area contributed by atoms with Crippen molar-refractivity contribution < 1.29 is 36.3 Å². The first-order valence-corrected chi connectivity index (χ1v) is 11.8. The Labute approximate surface area is 227 Å². The maximum Gasteiger partial charge on any atom is 0.416 e. The number of hydrogen-bond acceptors (Lipinski definition) is 4. The second-order valence-corrected chi connectivity index (χ2v) is 9.35. The van der Waals surface area contributed by atoms with Gasteiger partial charge < -0.3 is 20.9 Å². The second-order valence-electron chi connectivity index (χ2n) is 8.94. The van der Waals surface area contributed by atoms with E-state index in [1.165, 1.54) is 12.1 Å². The summed E-state index contributed by atoms with van der Waals surface area (Å²) in [4.78, 5) is 40.0. The number of nitrogens with one attached hydrogen (secondary N) is 3. The summed E-state index contributed by atoms with van der Waals surface area (Å²) in [7, 11) is 0. The van der Waals surface area contributed by atoms with Gasteiger partial charge in [0.1, 0.15) is 18.2 Å². The van der Waals surface area contributed by atoms with E-state index in [0.29, 0.717) is 17.7 Å². The number of hydrogen-bond donors (Lipinski definition) is 3. The van der Waals surface area contributed by atoms with Gasteiger partial charge in [-0.25, -0.2) is 13.6 Å². The predicted molar refractivity (Wildman–Crippen MR) is 132 cm³/mol. The molecule has 3 aromatic carbocycles. The van der Waals surface area contributed by atoms with E-state index in [0.717, 1.165) is 17.0 Å². The molecule has 0 spiro atoms. The van der Waals surface area contributed by atoms with Crippen molar-refractivity contribution in [1.82, 2.24) is 10.2 Å². The van der Waals surface area contributed by atoms with Crippen molar-refractivity contribution in [3.05, 3.63) is 92.5 Å². The van der Waals surface area contributed by atoms with Crippen LogP contribution in [0, 0.1) is 23.0 Å². The number of nitriles is 1. The largest absolute Gasteiger partial charge is 0.416 e. The molecule has 3 aromatic rings. The molecule has 2 heterocycles. The van der Waals surface area contributed by atoms with E-state index >= 15 is 0 Å². The van der Waals surface area contributed by atoms with Crippen LogP contribution >= 0.6 is 11.6 Å². The highest BCUT2D eigenvalue weighted by molar-refractivity contribution is 6.31. The highest BCUT2D eigenvalue weighted by Crippen LogP contribution is 2.45. The zero-order valence-electron chi connectivity index (χ0n) is 19.9. The summed E-state index contributed by atoms with van der Waals surface area (Å²) in [6, 6.07) is 6.10. The number of rotatable bonds is 4. The van der Waals surface area contributed by atoms with Crippen LogP contribution in [0.15, 0.2) is 42.5 Å². The van der Waals surface area contributed by atoms with Gasteiger partial charge in [-0.3, -0.25) is 9.59 Å². The Morgan fingerprint density at radius 1 is 1.12 bits per heavy atom. The molecule has 0 aliphatic carbocycles. The fourth-order valence-corrected chi connectivity index (χ4v) is 4.89. The Bertz CT molecular complexity index is 1650. The number of anilines is 2. The van der Waals surface area contributed by atoms with Crippen molar-refractivity contribution in [2.45, 2.75) is 18.8 Å². The molecule has 0 bridgehead atoms. The summed E-state index contributed by atoms with van der Waals surface area (Å²) >= 11 is 6.28. The fourth-order valence-electron chi connectivity index (χ4n) is 4.66. The maximum atomic E-state index is 14.2. The fraction of sp³-hybridized carbons (Fsp3) is 0.154. The highest BCUT2D eigenvalue weighted by Gasteiger charge is 2.40. The van der Waals surface area contributed by atoms with Gasteiger partial charge in [0.15, 0.2) is 0 Å². The van der Waals surface area contributed by atoms with Crippen molar-refractivity contribution in [3.63, 3.8) is 0 Å². The zero-order chi connectivity index (χ0) is 28.9. The van der Waals surface area contributed by atoms with Crippen molar-refractivity contribution in [3.8, 4) is 6.07 Å². The molecule has 0 fully saturated rings. The van der Waals surface area contributed by atoms with E-state index in [2.05, 4.69) is 16.0 Å². The molecule has 4 amide bonds. The van der Waals surface area contributed by atoms with Crippen molar-refractivity contribution in [2.75, 3.05) is 17.2 Å². The van der Waals surface area contributed by atoms with Crippen molar-refractivity contribution in [2.24, 2.45) is 0 Å². The van der Waals surface area contributed by atoms with Gasteiger partial charge in [-0.05, 0) is 48.0 Å². The third-order valence-electron chi connectivity index (χ3n) is 6.39. The SMILES string of the molecule is N#CCN1Cc2cc(NC(=O)c3cc(F)cc(C(F)(F)F)c3)c3c(c2NC1=O)C(=O)N[C@@H]3c1cc(F)ccc1Cl. The topological polar surface area (TPSA) is 114 Å². The minimum absolute atomic E-state index is 0.0473. The van der Waals surface area contributed by atoms with Gasteiger partial charge in [0, 0.05) is 27.4 Å². The summed E-state index contributed by atoms with van der Waals surface area (Å²) < 4.78 is 67.9. The molecule has 0 aromatic heterocycles. The molecule has 5 rings (SSSR count). The zero-order valence-corrected chi connectivity index (χ0v) is 20.7. The van der Waals surface area contributed by atoms with Crippen LogP contribution in [0.4, 0.5) is 38.1 Å². The Hall–Kier alpha value is -4.70. The minimum Gasteiger partial charge on any atom is -0.341 e. The van der Waals surface area contributed by atoms with Gasteiger partial charge in [0.05, 0.1) is 35.5 Å². The molecule has 2 aliphatic rings. The molecule has 204 valence electrons. The average Bonchev–Trinajstić information content (AvgIpc) is 3.23. The number of urea groups is 1. The van der Waals surface area contributed by atoms with E-state index in [1.54, 1.807) is 0 Å². The monoisotopic (exact) mass is 575 g/mol. The molecule has 14 heteroatoms. The number of carbonyl (C=O) groups is 3. The van der Waals surface area contributed by atoms with Gasteiger partial charge in [0.25, 0.3) is 11.8 Å².